The topological polar surface area (TPSA) is 96.3 Å². The maximum absolute atomic E-state index is 13.0. The van der Waals surface area contributed by atoms with Crippen LogP contribution in [0.25, 0.3) is 16.8 Å². The minimum atomic E-state index is -0.559. The molecule has 8 heteroatoms. The van der Waals surface area contributed by atoms with Gasteiger partial charge in [-0.2, -0.15) is 0 Å². The summed E-state index contributed by atoms with van der Waals surface area (Å²) in [6.07, 6.45) is 1.35. The van der Waals surface area contributed by atoms with Gasteiger partial charge in [0.15, 0.2) is 17.2 Å². The molecule has 4 aromatic rings. The molecule has 0 fully saturated rings. The predicted molar refractivity (Wildman–Crippen MR) is 106 cm³/mol. The molecule has 8 nitrogen and oxygen atoms in total. The highest BCUT2D eigenvalue weighted by molar-refractivity contribution is 5.98. The van der Waals surface area contributed by atoms with E-state index in [0.717, 1.165) is 10.1 Å². The molecule has 2 aromatic heterocycles. The normalized spacial score (nSPS) is 11.0. The number of carbonyl (C=O) groups excluding carboxylic acids is 1. The second kappa shape index (κ2) is 7.23. The zero-order valence-electron chi connectivity index (χ0n) is 15.8. The van der Waals surface area contributed by atoms with E-state index in [2.05, 4.69) is 5.16 Å². The first-order valence-corrected chi connectivity index (χ1v) is 8.84. The number of hydrogen-bond acceptors (Lipinski definition) is 6. The van der Waals surface area contributed by atoms with Gasteiger partial charge in [0, 0.05) is 17.8 Å². The molecular formula is C21H17N3O5. The zero-order valence-corrected chi connectivity index (χ0v) is 15.8. The second-order valence-corrected chi connectivity index (χ2v) is 6.51. The summed E-state index contributed by atoms with van der Waals surface area (Å²) in [5.74, 6) is 0.786. The fourth-order valence-corrected chi connectivity index (χ4v) is 3.06. The van der Waals surface area contributed by atoms with Crippen LogP contribution in [0.2, 0.25) is 0 Å². The van der Waals surface area contributed by atoms with E-state index >= 15 is 0 Å². The van der Waals surface area contributed by atoms with Crippen LogP contribution in [0.3, 0.4) is 0 Å². The monoisotopic (exact) mass is 391 g/mol. The molecule has 0 unspecified atom stereocenters. The Kier molecular flexibility index (Phi) is 4.59. The predicted octanol–water partition coefficient (Wildman–Crippen LogP) is 2.40. The highest BCUT2D eigenvalue weighted by Crippen LogP contribution is 2.22. The number of aromatic nitrogens is 3. The van der Waals surface area contributed by atoms with Gasteiger partial charge < -0.3 is 9.26 Å². The number of benzene rings is 2. The van der Waals surface area contributed by atoms with Crippen molar-refractivity contribution in [2.24, 2.45) is 0 Å². The van der Waals surface area contributed by atoms with E-state index in [4.69, 9.17) is 9.26 Å². The number of methoxy groups -OCH3 is 1. The van der Waals surface area contributed by atoms with Crippen molar-refractivity contribution < 1.29 is 14.1 Å². The molecule has 4 rings (SSSR count). The highest BCUT2D eigenvalue weighted by Gasteiger charge is 2.16. The third-order valence-corrected chi connectivity index (χ3v) is 4.65. The van der Waals surface area contributed by atoms with Gasteiger partial charge in [-0.3, -0.25) is 14.2 Å². The lowest BCUT2D eigenvalue weighted by molar-refractivity contribution is 0.101. The summed E-state index contributed by atoms with van der Waals surface area (Å²) in [5.41, 5.74) is 0.689. The van der Waals surface area contributed by atoms with E-state index < -0.39 is 11.2 Å². The number of nitrogens with zero attached hydrogens (tertiary/aromatic N) is 3. The van der Waals surface area contributed by atoms with Crippen molar-refractivity contribution in [3.8, 4) is 11.6 Å². The maximum Gasteiger partial charge on any atom is 0.337 e. The van der Waals surface area contributed by atoms with Crippen molar-refractivity contribution in [2.75, 3.05) is 7.11 Å². The van der Waals surface area contributed by atoms with Crippen molar-refractivity contribution in [1.29, 1.82) is 0 Å². The van der Waals surface area contributed by atoms with E-state index in [1.807, 2.05) is 0 Å². The lowest BCUT2D eigenvalue weighted by Crippen LogP contribution is -2.38. The fourth-order valence-electron chi connectivity index (χ4n) is 3.06. The Bertz CT molecular complexity index is 1330. The molecule has 0 bridgehead atoms. The average Bonchev–Trinajstić information content (AvgIpc) is 3.14. The number of carbonyl (C=O) groups is 1. The molecule has 0 aliphatic heterocycles. The van der Waals surface area contributed by atoms with Crippen LogP contribution in [0.1, 0.15) is 22.8 Å². The summed E-state index contributed by atoms with van der Waals surface area (Å²) >= 11 is 0. The average molecular weight is 391 g/mol. The maximum atomic E-state index is 13.0. The van der Waals surface area contributed by atoms with Crippen LogP contribution >= 0.6 is 0 Å². The van der Waals surface area contributed by atoms with Crippen LogP contribution in [-0.2, 0) is 6.54 Å². The van der Waals surface area contributed by atoms with Gasteiger partial charge in [0.2, 0.25) is 0 Å². The molecule has 0 aliphatic rings. The van der Waals surface area contributed by atoms with Gasteiger partial charge in [0.25, 0.3) is 5.56 Å². The standard InChI is InChI=1S/C21H17N3O5/c1-13(25)15-5-8-18-17(11-15)20(22-29-18)23-10-9-19(26)24(21(23)27)12-14-3-6-16(28-2)7-4-14/h3-11H,12H2,1-2H3. The molecule has 0 saturated heterocycles. The molecule has 2 heterocycles. The third-order valence-electron chi connectivity index (χ3n) is 4.65. The molecule has 0 N–H and O–H groups in total. The van der Waals surface area contributed by atoms with Gasteiger partial charge in [-0.15, -0.1) is 0 Å². The van der Waals surface area contributed by atoms with Gasteiger partial charge in [-0.1, -0.05) is 17.3 Å². The summed E-state index contributed by atoms with van der Waals surface area (Å²) in [7, 11) is 1.56. The number of fused-ring (bicyclic) bond motifs is 1. The Morgan fingerprint density at radius 1 is 1.10 bits per heavy atom. The summed E-state index contributed by atoms with van der Waals surface area (Å²) in [4.78, 5) is 37.1. The molecule has 0 spiro atoms. The molecule has 0 radical (unpaired) electrons. The fraction of sp³-hybridized carbons (Fsp3) is 0.143. The number of hydrogen-bond donors (Lipinski definition) is 0. The summed E-state index contributed by atoms with van der Waals surface area (Å²) < 4.78 is 12.8. The minimum absolute atomic E-state index is 0.0942. The first kappa shape index (κ1) is 18.4. The largest absolute Gasteiger partial charge is 0.497 e. The minimum Gasteiger partial charge on any atom is -0.497 e. The Balaban J connectivity index is 1.82. The van der Waals surface area contributed by atoms with Gasteiger partial charge in [0.1, 0.15) is 5.75 Å². The van der Waals surface area contributed by atoms with E-state index in [1.54, 1.807) is 49.6 Å². The molecular weight excluding hydrogens is 374 g/mol. The quantitative estimate of drug-likeness (QED) is 0.485. The van der Waals surface area contributed by atoms with Gasteiger partial charge in [-0.25, -0.2) is 9.36 Å². The summed E-state index contributed by atoms with van der Waals surface area (Å²) in [5, 5.41) is 4.48. The number of Topliss-reactive ketones (excluding diaryl/α,β-unsaturated/α-hetero) is 1. The van der Waals surface area contributed by atoms with E-state index in [-0.39, 0.29) is 18.1 Å². The van der Waals surface area contributed by atoms with E-state index in [9.17, 15) is 14.4 Å². The van der Waals surface area contributed by atoms with Crippen molar-refractivity contribution in [1.82, 2.24) is 14.3 Å². The lowest BCUT2D eigenvalue weighted by Gasteiger charge is -2.09. The molecule has 29 heavy (non-hydrogen) atoms. The molecule has 146 valence electrons. The Hall–Kier alpha value is -3.94. The Morgan fingerprint density at radius 3 is 2.55 bits per heavy atom. The second-order valence-electron chi connectivity index (χ2n) is 6.51. The first-order chi connectivity index (χ1) is 14.0. The van der Waals surface area contributed by atoms with Gasteiger partial charge in [-0.05, 0) is 42.8 Å². The molecule has 0 amide bonds. The lowest BCUT2D eigenvalue weighted by atomic mass is 10.1. The molecule has 0 atom stereocenters. The molecule has 2 aromatic carbocycles. The molecule has 0 saturated carbocycles. The number of rotatable bonds is 5. The SMILES string of the molecule is COc1ccc(Cn2c(=O)ccn(-c3noc4ccc(C(C)=O)cc34)c2=O)cc1. The summed E-state index contributed by atoms with van der Waals surface area (Å²) in [6.45, 7) is 1.55. The molecule has 0 aliphatic carbocycles. The van der Waals surface area contributed by atoms with Crippen molar-refractivity contribution in [3.63, 3.8) is 0 Å². The van der Waals surface area contributed by atoms with Crippen LogP contribution in [0.5, 0.6) is 5.75 Å². The zero-order chi connectivity index (χ0) is 20.5. The van der Waals surface area contributed by atoms with Gasteiger partial charge in [0.05, 0.1) is 19.0 Å². The van der Waals surface area contributed by atoms with E-state index in [1.165, 1.54) is 23.8 Å². The van der Waals surface area contributed by atoms with Gasteiger partial charge >= 0.3 is 5.69 Å². The van der Waals surface area contributed by atoms with Crippen molar-refractivity contribution in [3.05, 3.63) is 86.7 Å². The Labute approximate surface area is 164 Å². The van der Waals surface area contributed by atoms with Crippen LogP contribution in [-0.4, -0.2) is 27.2 Å². The highest BCUT2D eigenvalue weighted by atomic mass is 16.5. The smallest absolute Gasteiger partial charge is 0.337 e. The van der Waals surface area contributed by atoms with Crippen molar-refractivity contribution in [2.45, 2.75) is 13.5 Å². The summed E-state index contributed by atoms with van der Waals surface area (Å²) in [6, 6.07) is 13.3. The first-order valence-electron chi connectivity index (χ1n) is 8.84. The Morgan fingerprint density at radius 2 is 1.86 bits per heavy atom. The number of ketones is 1. The van der Waals surface area contributed by atoms with Crippen LogP contribution < -0.4 is 16.0 Å². The number of ether oxygens (including phenoxy) is 1. The van der Waals surface area contributed by atoms with Crippen LogP contribution in [0.4, 0.5) is 0 Å². The van der Waals surface area contributed by atoms with Crippen LogP contribution in [0, 0.1) is 0 Å². The van der Waals surface area contributed by atoms with Crippen LogP contribution in [0.15, 0.2) is 68.8 Å². The van der Waals surface area contributed by atoms with E-state index in [0.29, 0.717) is 22.3 Å². The third kappa shape index (κ3) is 3.36. The van der Waals surface area contributed by atoms with Crippen molar-refractivity contribution >= 4 is 16.8 Å².